The third-order valence-electron chi connectivity index (χ3n) is 4.98. The van der Waals surface area contributed by atoms with E-state index in [0.29, 0.717) is 31.7 Å². The third-order valence-corrected chi connectivity index (χ3v) is 4.98. The van der Waals surface area contributed by atoms with Crippen LogP contribution in [0.15, 0.2) is 60.7 Å². The summed E-state index contributed by atoms with van der Waals surface area (Å²) in [5, 5.41) is 1.76. The first kappa shape index (κ1) is 19.1. The van der Waals surface area contributed by atoms with Crippen LogP contribution in [0.4, 0.5) is 0 Å². The number of ether oxygens (including phenoxy) is 1. The van der Waals surface area contributed by atoms with Crippen LogP contribution in [0.1, 0.15) is 24.0 Å². The van der Waals surface area contributed by atoms with Gasteiger partial charge < -0.3 is 4.74 Å². The Morgan fingerprint density at radius 2 is 1.67 bits per heavy atom. The molecule has 1 amide bonds. The van der Waals surface area contributed by atoms with Gasteiger partial charge in [0.1, 0.15) is 6.04 Å². The minimum absolute atomic E-state index is 0.0758. The van der Waals surface area contributed by atoms with Gasteiger partial charge in [0.15, 0.2) is 0 Å². The topological polar surface area (TPSA) is 58.6 Å². The van der Waals surface area contributed by atoms with Crippen molar-refractivity contribution in [2.45, 2.75) is 31.7 Å². The maximum Gasteiger partial charge on any atom is 0.324 e. The molecule has 0 radical (unpaired) electrons. The zero-order valence-electron chi connectivity index (χ0n) is 15.6. The van der Waals surface area contributed by atoms with Gasteiger partial charge >= 0.3 is 5.97 Å². The summed E-state index contributed by atoms with van der Waals surface area (Å²) in [6.45, 7) is 0.645. The van der Waals surface area contributed by atoms with Crippen LogP contribution in [0, 0.1) is 5.92 Å². The zero-order valence-corrected chi connectivity index (χ0v) is 15.6. The molecule has 27 heavy (non-hydrogen) atoms. The molecule has 142 valence electrons. The SMILES string of the molecule is COC(=O)C1C[C@@H](Cc2ccccc2)CN1NC(=O)CCc1ccccc1. The molecule has 1 fully saturated rings. The highest BCUT2D eigenvalue weighted by molar-refractivity contribution is 5.79. The number of carbonyl (C=O) groups excluding carboxylic acids is 2. The number of rotatable bonds is 7. The number of hydrazine groups is 1. The van der Waals surface area contributed by atoms with Crippen LogP contribution in [0.2, 0.25) is 0 Å². The molecular formula is C22H26N2O3. The van der Waals surface area contributed by atoms with E-state index < -0.39 is 6.04 Å². The van der Waals surface area contributed by atoms with Crippen molar-refractivity contribution in [1.82, 2.24) is 10.4 Å². The minimum atomic E-state index is -0.426. The van der Waals surface area contributed by atoms with Gasteiger partial charge in [-0.1, -0.05) is 60.7 Å². The Morgan fingerprint density at radius 1 is 1.04 bits per heavy atom. The zero-order chi connectivity index (χ0) is 19.1. The van der Waals surface area contributed by atoms with Crippen LogP contribution in [0.25, 0.3) is 0 Å². The minimum Gasteiger partial charge on any atom is -0.468 e. The molecule has 0 bridgehead atoms. The molecule has 1 heterocycles. The molecule has 0 aliphatic carbocycles. The number of nitrogens with one attached hydrogen (secondary N) is 1. The number of carbonyl (C=O) groups is 2. The number of esters is 1. The van der Waals surface area contributed by atoms with Crippen LogP contribution in [0.5, 0.6) is 0 Å². The molecule has 5 heteroatoms. The van der Waals surface area contributed by atoms with Gasteiger partial charge in [-0.15, -0.1) is 0 Å². The van der Waals surface area contributed by atoms with Gasteiger partial charge in [-0.25, -0.2) is 5.01 Å². The summed E-state index contributed by atoms with van der Waals surface area (Å²) in [5.41, 5.74) is 5.29. The Labute approximate surface area is 160 Å². The van der Waals surface area contributed by atoms with E-state index in [9.17, 15) is 9.59 Å². The average molecular weight is 366 g/mol. The lowest BCUT2D eigenvalue weighted by Gasteiger charge is -2.23. The maximum absolute atomic E-state index is 12.4. The highest BCUT2D eigenvalue weighted by atomic mass is 16.5. The van der Waals surface area contributed by atoms with E-state index >= 15 is 0 Å². The summed E-state index contributed by atoms with van der Waals surface area (Å²) in [6, 6.07) is 19.7. The fourth-order valence-electron chi connectivity index (χ4n) is 3.62. The van der Waals surface area contributed by atoms with Crippen LogP contribution in [-0.2, 0) is 27.2 Å². The number of hydrogen-bond acceptors (Lipinski definition) is 4. The van der Waals surface area contributed by atoms with E-state index in [1.165, 1.54) is 12.7 Å². The second-order valence-corrected chi connectivity index (χ2v) is 7.00. The number of aryl methyl sites for hydroxylation is 1. The summed E-state index contributed by atoms with van der Waals surface area (Å²) in [5.74, 6) is -0.0760. The molecule has 2 aromatic rings. The standard InChI is InChI=1S/C22H26N2O3/c1-27-22(26)20-15-19(14-18-10-6-3-7-11-18)16-24(20)23-21(25)13-12-17-8-4-2-5-9-17/h2-11,19-20H,12-16H2,1H3,(H,23,25)/t19-,20?/m1/s1. The smallest absolute Gasteiger partial charge is 0.324 e. The molecule has 0 aromatic heterocycles. The Balaban J connectivity index is 1.57. The van der Waals surface area contributed by atoms with Crippen LogP contribution < -0.4 is 5.43 Å². The molecule has 0 spiro atoms. The van der Waals surface area contributed by atoms with E-state index in [4.69, 9.17) is 4.74 Å². The van der Waals surface area contributed by atoms with Crippen molar-refractivity contribution in [3.8, 4) is 0 Å². The lowest BCUT2D eigenvalue weighted by molar-refractivity contribution is -0.148. The second-order valence-electron chi connectivity index (χ2n) is 7.00. The lowest BCUT2D eigenvalue weighted by atomic mass is 9.97. The van der Waals surface area contributed by atoms with Gasteiger partial charge in [0.2, 0.25) is 5.91 Å². The van der Waals surface area contributed by atoms with Crippen molar-refractivity contribution < 1.29 is 14.3 Å². The molecule has 0 saturated carbocycles. The highest BCUT2D eigenvalue weighted by Gasteiger charge is 2.38. The predicted molar refractivity (Wildman–Crippen MR) is 104 cm³/mol. The lowest BCUT2D eigenvalue weighted by Crippen LogP contribution is -2.48. The monoisotopic (exact) mass is 366 g/mol. The Bertz CT molecular complexity index is 749. The summed E-state index contributed by atoms with van der Waals surface area (Å²) in [6.07, 6.45) is 2.62. The van der Waals surface area contributed by atoms with Gasteiger partial charge in [-0.05, 0) is 36.3 Å². The molecule has 1 unspecified atom stereocenters. The van der Waals surface area contributed by atoms with Crippen molar-refractivity contribution in [3.05, 3.63) is 71.8 Å². The second kappa shape index (κ2) is 9.33. The number of nitrogens with zero attached hydrogens (tertiary/aromatic N) is 1. The van der Waals surface area contributed by atoms with Crippen LogP contribution in [0.3, 0.4) is 0 Å². The first-order chi connectivity index (χ1) is 13.2. The fourth-order valence-corrected chi connectivity index (χ4v) is 3.62. The average Bonchev–Trinajstić information content (AvgIpc) is 3.09. The van der Waals surface area contributed by atoms with E-state index in [1.807, 2.05) is 48.5 Å². The summed E-state index contributed by atoms with van der Waals surface area (Å²) < 4.78 is 4.94. The van der Waals surface area contributed by atoms with E-state index in [1.54, 1.807) is 5.01 Å². The third kappa shape index (κ3) is 5.41. The first-order valence-electron chi connectivity index (χ1n) is 9.37. The number of benzene rings is 2. The normalized spacial score (nSPS) is 19.6. The number of amides is 1. The summed E-state index contributed by atoms with van der Waals surface area (Å²) in [7, 11) is 1.39. The highest BCUT2D eigenvalue weighted by Crippen LogP contribution is 2.26. The molecule has 1 N–H and O–H groups in total. The quantitative estimate of drug-likeness (QED) is 0.766. The molecule has 1 aliphatic rings. The molecule has 2 aromatic carbocycles. The van der Waals surface area contributed by atoms with Crippen molar-refractivity contribution >= 4 is 11.9 Å². The maximum atomic E-state index is 12.4. The molecule has 1 aliphatic heterocycles. The molecule has 1 saturated heterocycles. The Kier molecular flexibility index (Phi) is 6.60. The molecule has 3 rings (SSSR count). The van der Waals surface area contributed by atoms with E-state index in [-0.39, 0.29) is 11.9 Å². The molecule has 2 atom stereocenters. The van der Waals surface area contributed by atoms with E-state index in [2.05, 4.69) is 17.6 Å². The number of methoxy groups -OCH3 is 1. The van der Waals surface area contributed by atoms with Gasteiger partial charge in [0, 0.05) is 13.0 Å². The van der Waals surface area contributed by atoms with E-state index in [0.717, 1.165) is 12.0 Å². The fraction of sp³-hybridized carbons (Fsp3) is 0.364. The van der Waals surface area contributed by atoms with Crippen molar-refractivity contribution in [1.29, 1.82) is 0 Å². The summed E-state index contributed by atoms with van der Waals surface area (Å²) in [4.78, 5) is 24.6. The first-order valence-corrected chi connectivity index (χ1v) is 9.37. The molecular weight excluding hydrogens is 340 g/mol. The molecule has 5 nitrogen and oxygen atoms in total. The van der Waals surface area contributed by atoms with Gasteiger partial charge in [-0.3, -0.25) is 15.0 Å². The van der Waals surface area contributed by atoms with Crippen LogP contribution >= 0.6 is 0 Å². The van der Waals surface area contributed by atoms with Crippen molar-refractivity contribution in [3.63, 3.8) is 0 Å². The van der Waals surface area contributed by atoms with Gasteiger partial charge in [-0.2, -0.15) is 0 Å². The van der Waals surface area contributed by atoms with Crippen LogP contribution in [-0.4, -0.2) is 36.6 Å². The van der Waals surface area contributed by atoms with Gasteiger partial charge in [0.05, 0.1) is 7.11 Å². The van der Waals surface area contributed by atoms with Crippen molar-refractivity contribution in [2.75, 3.05) is 13.7 Å². The predicted octanol–water partition coefficient (Wildman–Crippen LogP) is 2.76. The Hall–Kier alpha value is -2.66. The van der Waals surface area contributed by atoms with Crippen molar-refractivity contribution in [2.24, 2.45) is 5.92 Å². The largest absolute Gasteiger partial charge is 0.468 e. The number of hydrogen-bond donors (Lipinski definition) is 1. The Morgan fingerprint density at radius 3 is 2.30 bits per heavy atom. The van der Waals surface area contributed by atoms with Gasteiger partial charge in [0.25, 0.3) is 0 Å². The summed E-state index contributed by atoms with van der Waals surface area (Å²) >= 11 is 0.